The molecule has 0 aliphatic heterocycles. The molecule has 0 unspecified atom stereocenters. The van der Waals surface area contributed by atoms with Crippen molar-refractivity contribution in [2.75, 3.05) is 0 Å². The van der Waals surface area contributed by atoms with Crippen LogP contribution in [0.1, 0.15) is 5.56 Å². The van der Waals surface area contributed by atoms with Gasteiger partial charge in [0.05, 0.1) is 10.9 Å². The zero-order valence-corrected chi connectivity index (χ0v) is 11.1. The fourth-order valence-electron chi connectivity index (χ4n) is 1.87. The average Bonchev–Trinajstić information content (AvgIpc) is 2.41. The summed E-state index contributed by atoms with van der Waals surface area (Å²) in [5.41, 5.74) is 1.81. The van der Waals surface area contributed by atoms with Crippen LogP contribution in [0.25, 0.3) is 10.9 Å². The minimum atomic E-state index is 0.183. The van der Waals surface area contributed by atoms with Gasteiger partial charge in [0.15, 0.2) is 0 Å². The molecule has 0 saturated heterocycles. The van der Waals surface area contributed by atoms with Crippen molar-refractivity contribution < 1.29 is 4.74 Å². The Kier molecular flexibility index (Phi) is 3.05. The van der Waals surface area contributed by atoms with Gasteiger partial charge in [-0.15, -0.1) is 0 Å². The van der Waals surface area contributed by atoms with E-state index in [-0.39, 0.29) is 5.28 Å². The number of ether oxygens (including phenoxy) is 1. The Hall–Kier alpha value is -2.13. The quantitative estimate of drug-likeness (QED) is 0.648. The molecule has 0 saturated carbocycles. The predicted octanol–water partition coefficient (Wildman–Crippen LogP) is 4.38. The van der Waals surface area contributed by atoms with Gasteiger partial charge in [0.2, 0.25) is 11.2 Å². The van der Waals surface area contributed by atoms with Gasteiger partial charge in [-0.1, -0.05) is 30.3 Å². The minimum absolute atomic E-state index is 0.183. The number of para-hydroxylation sites is 2. The molecule has 1 aromatic heterocycles. The van der Waals surface area contributed by atoms with Gasteiger partial charge < -0.3 is 4.74 Å². The van der Waals surface area contributed by atoms with E-state index in [1.165, 1.54) is 0 Å². The van der Waals surface area contributed by atoms with Crippen molar-refractivity contribution in [2.45, 2.75) is 6.92 Å². The minimum Gasteiger partial charge on any atom is -0.438 e. The lowest BCUT2D eigenvalue weighted by Crippen LogP contribution is -1.94. The molecule has 19 heavy (non-hydrogen) atoms. The van der Waals surface area contributed by atoms with Gasteiger partial charge in [-0.05, 0) is 42.3 Å². The molecule has 0 radical (unpaired) electrons. The van der Waals surface area contributed by atoms with Crippen molar-refractivity contribution in [1.29, 1.82) is 0 Å². The summed E-state index contributed by atoms with van der Waals surface area (Å²) in [4.78, 5) is 8.34. The van der Waals surface area contributed by atoms with Crippen LogP contribution in [0, 0.1) is 6.92 Å². The Bertz CT molecular complexity index is 743. The van der Waals surface area contributed by atoms with E-state index in [2.05, 4.69) is 9.97 Å². The third-order valence-corrected chi connectivity index (χ3v) is 3.01. The van der Waals surface area contributed by atoms with E-state index in [9.17, 15) is 0 Å². The maximum Gasteiger partial charge on any atom is 0.231 e. The molecular formula is C15H11ClN2O. The van der Waals surface area contributed by atoms with Gasteiger partial charge in [0.1, 0.15) is 5.75 Å². The van der Waals surface area contributed by atoms with Crippen LogP contribution in [0.2, 0.25) is 5.28 Å². The summed E-state index contributed by atoms with van der Waals surface area (Å²) < 4.78 is 5.87. The summed E-state index contributed by atoms with van der Waals surface area (Å²) in [6, 6.07) is 15.4. The average molecular weight is 271 g/mol. The molecule has 4 heteroatoms. The fourth-order valence-corrected chi connectivity index (χ4v) is 2.04. The number of rotatable bonds is 2. The van der Waals surface area contributed by atoms with Crippen molar-refractivity contribution in [3.05, 3.63) is 59.4 Å². The van der Waals surface area contributed by atoms with Crippen molar-refractivity contribution in [2.24, 2.45) is 0 Å². The molecule has 3 aromatic rings. The van der Waals surface area contributed by atoms with Crippen LogP contribution in [-0.4, -0.2) is 9.97 Å². The molecule has 0 fully saturated rings. The van der Waals surface area contributed by atoms with Gasteiger partial charge >= 0.3 is 0 Å². The van der Waals surface area contributed by atoms with Crippen LogP contribution >= 0.6 is 11.6 Å². The van der Waals surface area contributed by atoms with Crippen LogP contribution < -0.4 is 4.74 Å². The molecule has 2 aromatic carbocycles. The topological polar surface area (TPSA) is 35.0 Å². The van der Waals surface area contributed by atoms with Crippen molar-refractivity contribution in [3.8, 4) is 11.6 Å². The van der Waals surface area contributed by atoms with Gasteiger partial charge in [0, 0.05) is 0 Å². The summed E-state index contributed by atoms with van der Waals surface area (Å²) in [6.07, 6.45) is 0. The van der Waals surface area contributed by atoms with E-state index in [1.807, 2.05) is 55.5 Å². The zero-order valence-electron chi connectivity index (χ0n) is 10.3. The van der Waals surface area contributed by atoms with E-state index in [0.717, 1.165) is 22.2 Å². The first kappa shape index (κ1) is 11.9. The van der Waals surface area contributed by atoms with Crippen LogP contribution in [0.3, 0.4) is 0 Å². The molecule has 0 N–H and O–H groups in total. The highest BCUT2D eigenvalue weighted by Crippen LogP contribution is 2.29. The van der Waals surface area contributed by atoms with Crippen molar-refractivity contribution >= 4 is 22.5 Å². The van der Waals surface area contributed by atoms with E-state index < -0.39 is 0 Å². The third kappa shape index (κ3) is 2.37. The largest absolute Gasteiger partial charge is 0.438 e. The molecule has 3 rings (SSSR count). The summed E-state index contributed by atoms with van der Waals surface area (Å²) in [5, 5.41) is 1.03. The number of benzene rings is 2. The van der Waals surface area contributed by atoms with Gasteiger partial charge in [-0.3, -0.25) is 0 Å². The van der Waals surface area contributed by atoms with Crippen LogP contribution in [0.5, 0.6) is 11.6 Å². The lowest BCUT2D eigenvalue weighted by atomic mass is 10.2. The number of halogens is 1. The third-order valence-electron chi connectivity index (χ3n) is 2.84. The number of hydrogen-bond donors (Lipinski definition) is 0. The highest BCUT2D eigenvalue weighted by atomic mass is 35.5. The molecule has 3 nitrogen and oxygen atoms in total. The summed E-state index contributed by atoms with van der Waals surface area (Å²) in [5.74, 6) is 1.24. The molecule has 0 aliphatic rings. The normalized spacial score (nSPS) is 10.6. The molecule has 0 spiro atoms. The van der Waals surface area contributed by atoms with E-state index in [4.69, 9.17) is 16.3 Å². The molecule has 1 heterocycles. The maximum atomic E-state index is 5.93. The predicted molar refractivity (Wildman–Crippen MR) is 75.8 cm³/mol. The second-order valence-corrected chi connectivity index (χ2v) is 4.52. The smallest absolute Gasteiger partial charge is 0.231 e. The highest BCUT2D eigenvalue weighted by Gasteiger charge is 2.09. The van der Waals surface area contributed by atoms with E-state index in [0.29, 0.717) is 5.88 Å². The fraction of sp³-hybridized carbons (Fsp3) is 0.0667. The van der Waals surface area contributed by atoms with E-state index >= 15 is 0 Å². The first-order chi connectivity index (χ1) is 9.24. The van der Waals surface area contributed by atoms with Crippen LogP contribution in [-0.2, 0) is 0 Å². The van der Waals surface area contributed by atoms with Crippen molar-refractivity contribution in [1.82, 2.24) is 9.97 Å². The molecule has 0 bridgehead atoms. The van der Waals surface area contributed by atoms with Gasteiger partial charge in [-0.2, -0.15) is 4.98 Å². The molecule has 0 atom stereocenters. The maximum absolute atomic E-state index is 5.93. The highest BCUT2D eigenvalue weighted by molar-refractivity contribution is 6.28. The van der Waals surface area contributed by atoms with Crippen LogP contribution in [0.4, 0.5) is 0 Å². The molecule has 94 valence electrons. The standard InChI is InChI=1S/C15H11ClN2O/c1-10-6-2-5-9-13(10)19-14-11-7-3-4-8-12(11)17-15(16)18-14/h2-9H,1H3. The number of fused-ring (bicyclic) bond motifs is 1. The summed E-state index contributed by atoms with van der Waals surface area (Å²) in [7, 11) is 0. The molecule has 0 aliphatic carbocycles. The zero-order chi connectivity index (χ0) is 13.2. The second kappa shape index (κ2) is 4.86. The van der Waals surface area contributed by atoms with Gasteiger partial charge in [-0.25, -0.2) is 4.98 Å². The lowest BCUT2D eigenvalue weighted by molar-refractivity contribution is 0.465. The Morgan fingerprint density at radius 2 is 1.68 bits per heavy atom. The number of aromatic nitrogens is 2. The lowest BCUT2D eigenvalue weighted by Gasteiger charge is -2.09. The molecule has 0 amide bonds. The number of hydrogen-bond acceptors (Lipinski definition) is 3. The first-order valence-corrected chi connectivity index (χ1v) is 6.27. The number of nitrogens with zero attached hydrogens (tertiary/aromatic N) is 2. The Labute approximate surface area is 115 Å². The van der Waals surface area contributed by atoms with Crippen LogP contribution in [0.15, 0.2) is 48.5 Å². The molecular weight excluding hydrogens is 260 g/mol. The van der Waals surface area contributed by atoms with Crippen molar-refractivity contribution in [3.63, 3.8) is 0 Å². The Balaban J connectivity index is 2.13. The number of aryl methyl sites for hydroxylation is 1. The SMILES string of the molecule is Cc1ccccc1Oc1nc(Cl)nc2ccccc12. The second-order valence-electron chi connectivity index (χ2n) is 4.18. The summed E-state index contributed by atoms with van der Waals surface area (Å²) >= 11 is 5.93. The summed E-state index contributed by atoms with van der Waals surface area (Å²) in [6.45, 7) is 1.99. The first-order valence-electron chi connectivity index (χ1n) is 5.90. The Morgan fingerprint density at radius 3 is 2.53 bits per heavy atom. The van der Waals surface area contributed by atoms with Gasteiger partial charge in [0.25, 0.3) is 0 Å². The Morgan fingerprint density at radius 1 is 0.947 bits per heavy atom. The van der Waals surface area contributed by atoms with E-state index in [1.54, 1.807) is 0 Å². The monoisotopic (exact) mass is 270 g/mol.